The lowest BCUT2D eigenvalue weighted by atomic mass is 9.55. The van der Waals surface area contributed by atoms with E-state index >= 15 is 0 Å². The second kappa shape index (κ2) is 20.7. The average molecular weight is 865 g/mol. The van der Waals surface area contributed by atoms with Crippen LogP contribution in [0.1, 0.15) is 68.4 Å². The van der Waals surface area contributed by atoms with Crippen LogP contribution in [0.15, 0.2) is 145 Å². The number of hydrogen-bond acceptors (Lipinski definition) is 9. The number of ether oxygens (including phenoxy) is 4. The zero-order valence-corrected chi connectivity index (χ0v) is 36.8. The summed E-state index contributed by atoms with van der Waals surface area (Å²) < 4.78 is 27.3. The second-order valence-corrected chi connectivity index (χ2v) is 17.0. The Labute approximate surface area is 376 Å². The second-order valence-electron chi connectivity index (χ2n) is 17.0. The Kier molecular flexibility index (Phi) is 14.4. The predicted octanol–water partition coefficient (Wildman–Crippen LogP) is 11.3. The summed E-state index contributed by atoms with van der Waals surface area (Å²) in [6, 6.07) is 33.9. The third-order valence-corrected chi connectivity index (χ3v) is 13.2. The summed E-state index contributed by atoms with van der Waals surface area (Å²) in [6.07, 6.45) is 10.7. The van der Waals surface area contributed by atoms with Crippen molar-refractivity contribution in [2.75, 3.05) is 33.5 Å². The Hall–Kier alpha value is -5.94. The minimum atomic E-state index is -1.45. The molecule has 6 unspecified atom stereocenters. The molecular weight excluding hydrogens is 805 g/mol. The molecule has 5 aromatic rings. The molecule has 1 fully saturated rings. The largest absolute Gasteiger partial charge is 0.459 e. The first kappa shape index (κ1) is 44.7. The molecule has 0 aromatic heterocycles. The van der Waals surface area contributed by atoms with E-state index in [4.69, 9.17) is 28.9 Å². The SMILES string of the molecule is C=CCCOC(=O)N(Cc1cccc2ccccc12)C1CC(=NOC)C2=CC(CCCCO)C(CCCCO)C3c4cc(Oc5ccc6ccccc6c5)ccc4OC1(OCC=C)C23. The predicted molar refractivity (Wildman–Crippen MR) is 252 cm³/mol. The summed E-state index contributed by atoms with van der Waals surface area (Å²) in [4.78, 5) is 22.3. The molecule has 10 heteroatoms. The Morgan fingerprint density at radius 2 is 1.59 bits per heavy atom. The van der Waals surface area contributed by atoms with Crippen LogP contribution in [0.25, 0.3) is 21.5 Å². The van der Waals surface area contributed by atoms with Gasteiger partial charge in [-0.1, -0.05) is 109 Å². The molecule has 2 N–H and O–H groups in total. The third kappa shape index (κ3) is 9.18. The van der Waals surface area contributed by atoms with Gasteiger partial charge in [-0.2, -0.15) is 0 Å². The van der Waals surface area contributed by atoms with Gasteiger partial charge >= 0.3 is 6.09 Å². The maximum atomic E-state index is 14.8. The number of nitrogens with zero attached hydrogens (tertiary/aromatic N) is 2. The van der Waals surface area contributed by atoms with Gasteiger partial charge in [0.05, 0.1) is 31.4 Å². The molecule has 5 aromatic carbocycles. The minimum Gasteiger partial charge on any atom is -0.459 e. The van der Waals surface area contributed by atoms with Crippen molar-refractivity contribution in [2.45, 2.75) is 75.7 Å². The number of unbranched alkanes of at least 4 members (excludes halogenated alkanes) is 2. The number of aliphatic hydroxyl groups is 2. The highest BCUT2D eigenvalue weighted by Crippen LogP contribution is 2.62. The number of aliphatic hydroxyl groups excluding tert-OH is 2. The first-order valence-electron chi connectivity index (χ1n) is 22.7. The van der Waals surface area contributed by atoms with Crippen molar-refractivity contribution in [3.63, 3.8) is 0 Å². The van der Waals surface area contributed by atoms with Crippen LogP contribution in [-0.4, -0.2) is 72.3 Å². The van der Waals surface area contributed by atoms with E-state index in [1.165, 1.54) is 0 Å². The van der Waals surface area contributed by atoms with E-state index in [0.29, 0.717) is 36.5 Å². The van der Waals surface area contributed by atoms with Crippen LogP contribution in [-0.2, 0) is 20.9 Å². The molecule has 1 aliphatic heterocycles. The zero-order chi connectivity index (χ0) is 44.5. The van der Waals surface area contributed by atoms with E-state index in [2.05, 4.69) is 61.7 Å². The summed E-state index contributed by atoms with van der Waals surface area (Å²) >= 11 is 0. The lowest BCUT2D eigenvalue weighted by Crippen LogP contribution is -2.70. The van der Waals surface area contributed by atoms with E-state index in [1.807, 2.05) is 60.7 Å². The van der Waals surface area contributed by atoms with E-state index in [9.17, 15) is 15.0 Å². The van der Waals surface area contributed by atoms with Gasteiger partial charge in [-0.15, -0.1) is 13.2 Å². The van der Waals surface area contributed by atoms with Crippen LogP contribution in [0.4, 0.5) is 4.79 Å². The van der Waals surface area contributed by atoms with Crippen LogP contribution in [0, 0.1) is 17.8 Å². The number of carbonyl (C=O) groups excluding carboxylic acids is 1. The summed E-state index contributed by atoms with van der Waals surface area (Å²) in [7, 11) is 1.55. The summed E-state index contributed by atoms with van der Waals surface area (Å²) in [5.41, 5.74) is 3.58. The molecule has 64 heavy (non-hydrogen) atoms. The van der Waals surface area contributed by atoms with Crippen molar-refractivity contribution in [1.82, 2.24) is 4.90 Å². The van der Waals surface area contributed by atoms with Gasteiger partial charge in [0.25, 0.3) is 0 Å². The number of rotatable bonds is 20. The Morgan fingerprint density at radius 3 is 2.38 bits per heavy atom. The fourth-order valence-corrected chi connectivity index (χ4v) is 10.4. The highest BCUT2D eigenvalue weighted by Gasteiger charge is 2.65. The van der Waals surface area contributed by atoms with Gasteiger partial charge in [0.1, 0.15) is 30.4 Å². The van der Waals surface area contributed by atoms with Gasteiger partial charge in [-0.3, -0.25) is 4.90 Å². The standard InChI is InChI=1S/C54H60N2O8/c1-4-6-31-61-53(59)56(36-41-21-15-20-38-17-9-10-22-44(38)41)50-35-48(55-60-3)46-33-40(19-11-13-28-57)45(23-12-14-29-58)51-47-34-43(63-42-25-24-37-16-7-8-18-39(37)32-42)26-27-49(47)64-54(50,52(46)51)62-30-5-2/h4-5,7-10,15-18,20-22,24-27,32-34,40,45,50-52,57-58H,1-2,6,11-14,19,23,28-31,35-36H2,3H3. The average Bonchev–Trinajstić information content (AvgIpc) is 3.32. The maximum Gasteiger partial charge on any atom is 0.410 e. The van der Waals surface area contributed by atoms with E-state index in [-0.39, 0.29) is 57.1 Å². The molecule has 8 rings (SSSR count). The quantitative estimate of drug-likeness (QED) is 0.0451. The number of allylic oxidation sites excluding steroid dienone is 1. The van der Waals surface area contributed by atoms with E-state index in [0.717, 1.165) is 69.7 Å². The number of benzene rings is 5. The number of carbonyl (C=O) groups is 1. The zero-order valence-electron chi connectivity index (χ0n) is 36.8. The molecule has 6 atom stereocenters. The van der Waals surface area contributed by atoms with Crippen LogP contribution < -0.4 is 9.47 Å². The topological polar surface area (TPSA) is 119 Å². The van der Waals surface area contributed by atoms with Crippen molar-refractivity contribution in [3.8, 4) is 17.2 Å². The fraction of sp³-hybridized carbons (Fsp3) is 0.370. The number of fused-ring (bicyclic) bond motifs is 4. The Bertz CT molecular complexity index is 2490. The summed E-state index contributed by atoms with van der Waals surface area (Å²) in [5, 5.41) is 29.0. The van der Waals surface area contributed by atoms with Crippen LogP contribution in [0.3, 0.4) is 0 Å². The molecular formula is C54H60N2O8. The van der Waals surface area contributed by atoms with E-state index in [1.54, 1.807) is 24.2 Å². The highest BCUT2D eigenvalue weighted by molar-refractivity contribution is 6.03. The molecule has 1 amide bonds. The summed E-state index contributed by atoms with van der Waals surface area (Å²) in [5.74, 6) is 0.0260. The monoisotopic (exact) mass is 864 g/mol. The highest BCUT2D eigenvalue weighted by atomic mass is 16.7. The van der Waals surface area contributed by atoms with Crippen molar-refractivity contribution >= 4 is 33.3 Å². The molecule has 10 nitrogen and oxygen atoms in total. The van der Waals surface area contributed by atoms with Gasteiger partial charge in [-0.05, 0) is 107 Å². The van der Waals surface area contributed by atoms with Crippen molar-refractivity contribution in [3.05, 3.63) is 151 Å². The molecule has 3 aliphatic rings. The smallest absolute Gasteiger partial charge is 0.410 e. The lowest BCUT2D eigenvalue weighted by Gasteiger charge is -2.59. The molecule has 1 saturated carbocycles. The Morgan fingerprint density at radius 1 is 0.859 bits per heavy atom. The van der Waals surface area contributed by atoms with Gasteiger partial charge < -0.3 is 34.0 Å². The molecule has 0 bridgehead atoms. The van der Waals surface area contributed by atoms with Gasteiger partial charge in [-0.25, -0.2) is 4.79 Å². The molecule has 0 saturated heterocycles. The molecule has 1 heterocycles. The number of oxime groups is 1. The van der Waals surface area contributed by atoms with E-state index < -0.39 is 23.8 Å². The third-order valence-electron chi connectivity index (χ3n) is 13.2. The fourth-order valence-electron chi connectivity index (χ4n) is 10.4. The van der Waals surface area contributed by atoms with Crippen molar-refractivity contribution < 1.29 is 38.8 Å². The first-order valence-corrected chi connectivity index (χ1v) is 22.7. The molecule has 2 aliphatic carbocycles. The van der Waals surface area contributed by atoms with Crippen LogP contribution >= 0.6 is 0 Å². The van der Waals surface area contributed by atoms with Crippen molar-refractivity contribution in [1.29, 1.82) is 0 Å². The normalized spacial score (nSPS) is 22.8. The summed E-state index contributed by atoms with van der Waals surface area (Å²) in [6.45, 7) is 8.64. The van der Waals surface area contributed by atoms with Gasteiger partial charge in [0.15, 0.2) is 0 Å². The number of amides is 1. The van der Waals surface area contributed by atoms with Crippen LogP contribution in [0.2, 0.25) is 0 Å². The Balaban J connectivity index is 1.33. The first-order chi connectivity index (χ1) is 31.4. The van der Waals surface area contributed by atoms with Gasteiger partial charge in [0, 0.05) is 31.1 Å². The molecule has 0 spiro atoms. The minimum absolute atomic E-state index is 0.0536. The number of hydrogen-bond donors (Lipinski definition) is 2. The van der Waals surface area contributed by atoms with Gasteiger partial charge in [0.2, 0.25) is 5.79 Å². The molecule has 334 valence electrons. The maximum absolute atomic E-state index is 14.8. The molecule has 0 radical (unpaired) electrons. The van der Waals surface area contributed by atoms with Crippen LogP contribution in [0.5, 0.6) is 17.2 Å². The lowest BCUT2D eigenvalue weighted by molar-refractivity contribution is -0.256. The van der Waals surface area contributed by atoms with Crippen molar-refractivity contribution in [2.24, 2.45) is 22.9 Å².